The topological polar surface area (TPSA) is 83.0 Å². The molecule has 0 saturated carbocycles. The highest BCUT2D eigenvalue weighted by atomic mass is 35.5. The summed E-state index contributed by atoms with van der Waals surface area (Å²) in [4.78, 5) is 4.37. The summed E-state index contributed by atoms with van der Waals surface area (Å²) in [5.74, 6) is 1.31. The molecule has 0 aliphatic heterocycles. The van der Waals surface area contributed by atoms with Crippen molar-refractivity contribution in [2.24, 2.45) is 4.99 Å². The molecule has 0 aromatic heterocycles. The van der Waals surface area contributed by atoms with Crippen LogP contribution in [0, 0.1) is 0 Å². The zero-order valence-corrected chi connectivity index (χ0v) is 18.2. The molecule has 0 bridgehead atoms. The lowest BCUT2D eigenvalue weighted by atomic mass is 10.1. The van der Waals surface area contributed by atoms with E-state index in [-0.39, 0.29) is 12.3 Å². The van der Waals surface area contributed by atoms with E-state index in [0.29, 0.717) is 43.6 Å². The molecule has 0 spiro atoms. The van der Waals surface area contributed by atoms with E-state index in [4.69, 9.17) is 16.3 Å². The van der Waals surface area contributed by atoms with Crippen LogP contribution in [0.1, 0.15) is 26.3 Å². The summed E-state index contributed by atoms with van der Waals surface area (Å²) in [6, 6.07) is 5.59. The fourth-order valence-electron chi connectivity index (χ4n) is 2.53. The fraction of sp³-hybridized carbons (Fsp3) is 0.611. The van der Waals surface area contributed by atoms with Crippen molar-refractivity contribution >= 4 is 27.6 Å². The Kier molecular flexibility index (Phi) is 10.5. The van der Waals surface area contributed by atoms with Crippen LogP contribution in [0.5, 0.6) is 5.75 Å². The normalized spacial score (nSPS) is 12.3. The van der Waals surface area contributed by atoms with Crippen LogP contribution in [-0.4, -0.2) is 64.3 Å². The van der Waals surface area contributed by atoms with Gasteiger partial charge in [-0.05, 0) is 31.0 Å². The number of nitrogens with one attached hydrogen (secondary N) is 2. The van der Waals surface area contributed by atoms with Gasteiger partial charge < -0.3 is 15.4 Å². The summed E-state index contributed by atoms with van der Waals surface area (Å²) in [6.45, 7) is 8.10. The number of nitrogens with zero attached hydrogens (tertiary/aromatic N) is 2. The van der Waals surface area contributed by atoms with Crippen molar-refractivity contribution in [3.63, 3.8) is 0 Å². The second-order valence-electron chi connectivity index (χ2n) is 5.80. The molecule has 0 fully saturated rings. The molecule has 1 aromatic carbocycles. The molecule has 27 heavy (non-hydrogen) atoms. The summed E-state index contributed by atoms with van der Waals surface area (Å²) >= 11 is 6.25. The maximum absolute atomic E-state index is 12.2. The van der Waals surface area contributed by atoms with Crippen LogP contribution in [-0.2, 0) is 16.4 Å². The van der Waals surface area contributed by atoms with Crippen LogP contribution in [0.25, 0.3) is 0 Å². The number of aliphatic imine (C=N–C) groups is 1. The molecule has 0 unspecified atom stereocenters. The Hall–Kier alpha value is -1.51. The van der Waals surface area contributed by atoms with Crippen molar-refractivity contribution in [3.8, 4) is 5.75 Å². The molecule has 2 N–H and O–H groups in total. The Morgan fingerprint density at radius 3 is 2.48 bits per heavy atom. The average molecular weight is 419 g/mol. The van der Waals surface area contributed by atoms with Crippen LogP contribution >= 0.6 is 11.6 Å². The van der Waals surface area contributed by atoms with Gasteiger partial charge in [-0.3, -0.25) is 4.99 Å². The first-order valence-electron chi connectivity index (χ1n) is 9.20. The second-order valence-corrected chi connectivity index (χ2v) is 8.29. The Bertz CT molecular complexity index is 707. The molecule has 0 aliphatic rings. The number of hydrogen-bond acceptors (Lipinski definition) is 4. The van der Waals surface area contributed by atoms with Crippen molar-refractivity contribution in [2.75, 3.05) is 45.6 Å². The smallest absolute Gasteiger partial charge is 0.215 e. The van der Waals surface area contributed by atoms with E-state index in [1.54, 1.807) is 13.2 Å². The maximum Gasteiger partial charge on any atom is 0.215 e. The third-order valence-corrected chi connectivity index (χ3v) is 6.36. The number of ether oxygens (including phenoxy) is 1. The highest BCUT2D eigenvalue weighted by molar-refractivity contribution is 7.89. The van der Waals surface area contributed by atoms with Gasteiger partial charge in [0.15, 0.2) is 5.96 Å². The highest BCUT2D eigenvalue weighted by Gasteiger charge is 2.17. The first-order valence-corrected chi connectivity index (χ1v) is 11.2. The van der Waals surface area contributed by atoms with Crippen molar-refractivity contribution in [2.45, 2.75) is 27.2 Å². The Morgan fingerprint density at radius 1 is 1.22 bits per heavy atom. The molecule has 154 valence electrons. The van der Waals surface area contributed by atoms with Crippen molar-refractivity contribution in [3.05, 3.63) is 28.8 Å². The maximum atomic E-state index is 12.2. The molecule has 7 nitrogen and oxygen atoms in total. The monoisotopic (exact) mass is 418 g/mol. The predicted octanol–water partition coefficient (Wildman–Crippen LogP) is 2.12. The SMILES string of the molecule is CCNC(=NCCS(=O)(=O)N(CC)CC)NCCc1ccc(OC)cc1Cl. The van der Waals surface area contributed by atoms with Crippen LogP contribution in [0.3, 0.4) is 0 Å². The van der Waals surface area contributed by atoms with Crippen LogP contribution in [0.2, 0.25) is 5.02 Å². The summed E-state index contributed by atoms with van der Waals surface area (Å²) in [6.07, 6.45) is 0.713. The van der Waals surface area contributed by atoms with E-state index in [2.05, 4.69) is 15.6 Å². The van der Waals surface area contributed by atoms with Gasteiger partial charge in [0.1, 0.15) is 5.75 Å². The van der Waals surface area contributed by atoms with Crippen molar-refractivity contribution in [1.82, 2.24) is 14.9 Å². The molecule has 0 amide bonds. The van der Waals surface area contributed by atoms with E-state index in [1.807, 2.05) is 32.9 Å². The molecule has 1 aromatic rings. The van der Waals surface area contributed by atoms with Crippen LogP contribution < -0.4 is 15.4 Å². The van der Waals surface area contributed by atoms with Crippen LogP contribution in [0.4, 0.5) is 0 Å². The van der Waals surface area contributed by atoms with Gasteiger partial charge in [-0.1, -0.05) is 31.5 Å². The summed E-state index contributed by atoms with van der Waals surface area (Å²) < 4.78 is 31.0. The van der Waals surface area contributed by atoms with E-state index in [0.717, 1.165) is 11.3 Å². The Morgan fingerprint density at radius 2 is 1.93 bits per heavy atom. The third-order valence-electron chi connectivity index (χ3n) is 4.01. The predicted molar refractivity (Wildman–Crippen MR) is 112 cm³/mol. The first kappa shape index (κ1) is 23.5. The fourth-order valence-corrected chi connectivity index (χ4v) is 4.17. The summed E-state index contributed by atoms with van der Waals surface area (Å²) in [5, 5.41) is 6.99. The largest absolute Gasteiger partial charge is 0.497 e. The minimum Gasteiger partial charge on any atom is -0.497 e. The second kappa shape index (κ2) is 12.0. The molecular formula is C18H31ClN4O3S. The minimum atomic E-state index is -3.27. The molecule has 0 aliphatic carbocycles. The standard InChI is InChI=1S/C18H31ClN4O3S/c1-5-20-18(22-12-13-27(24,25)23(6-2)7-3)21-11-10-15-8-9-16(26-4)14-17(15)19/h8-9,14H,5-7,10-13H2,1-4H3,(H2,20,21,22). The van der Waals surface area contributed by atoms with Gasteiger partial charge >= 0.3 is 0 Å². The lowest BCUT2D eigenvalue weighted by Gasteiger charge is -2.18. The third kappa shape index (κ3) is 7.94. The van der Waals surface area contributed by atoms with E-state index < -0.39 is 10.0 Å². The van der Waals surface area contributed by atoms with Gasteiger partial charge in [0.2, 0.25) is 10.0 Å². The van der Waals surface area contributed by atoms with E-state index >= 15 is 0 Å². The van der Waals surface area contributed by atoms with E-state index in [1.165, 1.54) is 4.31 Å². The number of methoxy groups -OCH3 is 1. The number of hydrogen-bond donors (Lipinski definition) is 2. The van der Waals surface area contributed by atoms with Gasteiger partial charge in [0, 0.05) is 31.2 Å². The zero-order chi connectivity index (χ0) is 20.3. The number of sulfonamides is 1. The van der Waals surface area contributed by atoms with Gasteiger partial charge in [-0.25, -0.2) is 12.7 Å². The number of rotatable bonds is 11. The van der Waals surface area contributed by atoms with Gasteiger partial charge in [0.25, 0.3) is 0 Å². The highest BCUT2D eigenvalue weighted by Crippen LogP contribution is 2.22. The Labute approximate surface area is 168 Å². The van der Waals surface area contributed by atoms with Crippen molar-refractivity contribution < 1.29 is 13.2 Å². The molecule has 1 rings (SSSR count). The van der Waals surface area contributed by atoms with Gasteiger partial charge in [-0.2, -0.15) is 0 Å². The molecular weight excluding hydrogens is 388 g/mol. The number of guanidine groups is 1. The van der Waals surface area contributed by atoms with Crippen molar-refractivity contribution in [1.29, 1.82) is 0 Å². The first-order chi connectivity index (χ1) is 12.9. The lowest BCUT2D eigenvalue weighted by molar-refractivity contribution is 0.414. The average Bonchev–Trinajstić information content (AvgIpc) is 2.63. The number of benzene rings is 1. The molecule has 0 saturated heterocycles. The lowest BCUT2D eigenvalue weighted by Crippen LogP contribution is -2.39. The quantitative estimate of drug-likeness (QED) is 0.425. The molecule has 0 heterocycles. The van der Waals surface area contributed by atoms with Gasteiger partial charge in [-0.15, -0.1) is 0 Å². The number of halogens is 1. The van der Waals surface area contributed by atoms with Gasteiger partial charge in [0.05, 0.1) is 19.4 Å². The molecule has 0 radical (unpaired) electrons. The Balaban J connectivity index is 2.59. The van der Waals surface area contributed by atoms with E-state index in [9.17, 15) is 8.42 Å². The molecule has 0 atom stereocenters. The summed E-state index contributed by atoms with van der Waals surface area (Å²) in [5.41, 5.74) is 1.00. The zero-order valence-electron chi connectivity index (χ0n) is 16.6. The minimum absolute atomic E-state index is 0.00440. The van der Waals surface area contributed by atoms with Crippen LogP contribution in [0.15, 0.2) is 23.2 Å². The summed E-state index contributed by atoms with van der Waals surface area (Å²) in [7, 11) is -1.66. The molecule has 9 heteroatoms.